The van der Waals surface area contributed by atoms with E-state index in [9.17, 15) is 18.3 Å². The van der Waals surface area contributed by atoms with E-state index in [2.05, 4.69) is 0 Å². The van der Waals surface area contributed by atoms with Crippen molar-refractivity contribution in [2.75, 3.05) is 6.61 Å². The molecule has 0 bridgehead atoms. The SMILES string of the molecule is CCCCC(CC=C(OC1CCCCO1)[C@H]1CCC2OC(O)CC21)C(F)(F)F. The lowest BCUT2D eigenvalue weighted by Gasteiger charge is -2.29. The van der Waals surface area contributed by atoms with E-state index in [1.54, 1.807) is 6.08 Å². The monoisotopic (exact) mass is 406 g/mol. The van der Waals surface area contributed by atoms with Crippen LogP contribution in [0, 0.1) is 17.8 Å². The molecule has 3 fully saturated rings. The molecule has 3 rings (SSSR count). The van der Waals surface area contributed by atoms with E-state index in [0.29, 0.717) is 25.2 Å². The molecular weight excluding hydrogens is 373 g/mol. The van der Waals surface area contributed by atoms with E-state index >= 15 is 0 Å². The maximum absolute atomic E-state index is 13.4. The minimum absolute atomic E-state index is 0.00673. The third kappa shape index (κ3) is 5.63. The Kier molecular flexibility index (Phi) is 7.67. The highest BCUT2D eigenvalue weighted by Crippen LogP contribution is 2.47. The molecule has 1 N–H and O–H groups in total. The Bertz CT molecular complexity index is 516. The number of aliphatic hydroxyl groups excluding tert-OH is 1. The average molecular weight is 406 g/mol. The summed E-state index contributed by atoms with van der Waals surface area (Å²) in [5.74, 6) is -0.638. The highest BCUT2D eigenvalue weighted by atomic mass is 19.4. The number of ether oxygens (including phenoxy) is 3. The predicted octanol–water partition coefficient (Wildman–Crippen LogP) is 5.31. The van der Waals surface area contributed by atoms with Crippen molar-refractivity contribution < 1.29 is 32.5 Å². The van der Waals surface area contributed by atoms with Gasteiger partial charge in [-0.1, -0.05) is 19.8 Å². The van der Waals surface area contributed by atoms with Gasteiger partial charge in [-0.3, -0.25) is 0 Å². The molecule has 3 aliphatic rings. The zero-order chi connectivity index (χ0) is 20.1. The van der Waals surface area contributed by atoms with Crippen LogP contribution in [-0.4, -0.2) is 36.6 Å². The first-order chi connectivity index (χ1) is 13.4. The molecule has 1 aliphatic carbocycles. The summed E-state index contributed by atoms with van der Waals surface area (Å²) in [6, 6.07) is 0. The molecule has 0 radical (unpaired) electrons. The molecule has 2 saturated heterocycles. The molecule has 7 heteroatoms. The van der Waals surface area contributed by atoms with Gasteiger partial charge in [-0.15, -0.1) is 0 Å². The lowest BCUT2D eigenvalue weighted by atomic mass is 9.89. The molecule has 1 saturated carbocycles. The Morgan fingerprint density at radius 1 is 1.25 bits per heavy atom. The van der Waals surface area contributed by atoms with Gasteiger partial charge < -0.3 is 19.3 Å². The summed E-state index contributed by atoms with van der Waals surface area (Å²) in [5, 5.41) is 9.82. The molecule has 0 aromatic heterocycles. The highest BCUT2D eigenvalue weighted by Gasteiger charge is 2.46. The van der Waals surface area contributed by atoms with E-state index < -0.39 is 18.4 Å². The first kappa shape index (κ1) is 21.9. The van der Waals surface area contributed by atoms with Crippen molar-refractivity contribution in [1.82, 2.24) is 0 Å². The zero-order valence-electron chi connectivity index (χ0n) is 16.6. The fraction of sp³-hybridized carbons (Fsp3) is 0.905. The number of rotatable bonds is 8. The largest absolute Gasteiger partial charge is 0.469 e. The molecule has 162 valence electrons. The van der Waals surface area contributed by atoms with Gasteiger partial charge in [-0.25, -0.2) is 0 Å². The number of alkyl halides is 3. The van der Waals surface area contributed by atoms with Gasteiger partial charge >= 0.3 is 6.18 Å². The van der Waals surface area contributed by atoms with Gasteiger partial charge in [0.2, 0.25) is 0 Å². The van der Waals surface area contributed by atoms with Crippen molar-refractivity contribution >= 4 is 0 Å². The zero-order valence-corrected chi connectivity index (χ0v) is 16.6. The summed E-state index contributed by atoms with van der Waals surface area (Å²) in [6.45, 7) is 2.53. The smallest absolute Gasteiger partial charge is 0.392 e. The average Bonchev–Trinajstić information content (AvgIpc) is 3.19. The van der Waals surface area contributed by atoms with Gasteiger partial charge in [0.25, 0.3) is 0 Å². The summed E-state index contributed by atoms with van der Waals surface area (Å²) in [4.78, 5) is 0. The minimum Gasteiger partial charge on any atom is -0.469 e. The van der Waals surface area contributed by atoms with Crippen LogP contribution in [0.3, 0.4) is 0 Å². The van der Waals surface area contributed by atoms with E-state index in [0.717, 1.165) is 38.5 Å². The Morgan fingerprint density at radius 2 is 2.07 bits per heavy atom. The molecule has 2 aliphatic heterocycles. The molecular formula is C21H33F3O4. The molecule has 0 amide bonds. The molecule has 0 aromatic carbocycles. The second-order valence-electron chi connectivity index (χ2n) is 8.35. The Morgan fingerprint density at radius 3 is 2.75 bits per heavy atom. The molecule has 2 heterocycles. The molecule has 5 unspecified atom stereocenters. The maximum atomic E-state index is 13.4. The van der Waals surface area contributed by atoms with E-state index in [1.165, 1.54) is 0 Å². The van der Waals surface area contributed by atoms with Gasteiger partial charge in [0.05, 0.1) is 24.4 Å². The van der Waals surface area contributed by atoms with Crippen molar-refractivity contribution in [3.8, 4) is 0 Å². The van der Waals surface area contributed by atoms with Crippen LogP contribution in [-0.2, 0) is 14.2 Å². The van der Waals surface area contributed by atoms with E-state index in [4.69, 9.17) is 14.2 Å². The number of fused-ring (bicyclic) bond motifs is 1. The van der Waals surface area contributed by atoms with Crippen LogP contribution in [0.1, 0.15) is 71.1 Å². The number of hydrogen-bond acceptors (Lipinski definition) is 4. The molecule has 28 heavy (non-hydrogen) atoms. The standard InChI is InChI=1S/C21H33F3O4/c1-2-3-6-14(21(22,23)24)8-10-17(28-20-7-4-5-12-26-20)15-9-11-18-16(15)13-19(25)27-18/h10,14-16,18-20,25H,2-9,11-13H2,1H3/t14?,15-,16?,18?,19?,20?/m0/s1. The number of halogens is 3. The van der Waals surface area contributed by atoms with Crippen molar-refractivity contribution in [1.29, 1.82) is 0 Å². The summed E-state index contributed by atoms with van der Waals surface area (Å²) in [7, 11) is 0. The quantitative estimate of drug-likeness (QED) is 0.555. The van der Waals surface area contributed by atoms with Gasteiger partial charge in [0, 0.05) is 18.8 Å². The number of unbranched alkanes of at least 4 members (excludes halogenated alkanes) is 1. The molecule has 6 atom stereocenters. The maximum Gasteiger partial charge on any atom is 0.392 e. The van der Waals surface area contributed by atoms with Crippen molar-refractivity contribution in [3.05, 3.63) is 11.8 Å². The minimum atomic E-state index is -4.21. The normalized spacial score (nSPS) is 35.0. The first-order valence-corrected chi connectivity index (χ1v) is 10.8. The van der Waals surface area contributed by atoms with Crippen molar-refractivity contribution in [3.63, 3.8) is 0 Å². The Hall–Kier alpha value is -0.790. The van der Waals surface area contributed by atoms with Crippen molar-refractivity contribution in [2.45, 2.75) is 96.0 Å². The molecule has 0 spiro atoms. The lowest BCUT2D eigenvalue weighted by Crippen LogP contribution is -2.27. The summed E-state index contributed by atoms with van der Waals surface area (Å²) in [6.07, 6.45) is 2.52. The fourth-order valence-electron chi connectivity index (χ4n) is 4.73. The van der Waals surface area contributed by atoms with Crippen LogP contribution in [0.25, 0.3) is 0 Å². The Balaban J connectivity index is 1.73. The second kappa shape index (κ2) is 9.81. The lowest BCUT2D eigenvalue weighted by molar-refractivity contribution is -0.176. The fourth-order valence-corrected chi connectivity index (χ4v) is 4.73. The van der Waals surface area contributed by atoms with Crippen molar-refractivity contribution in [2.24, 2.45) is 17.8 Å². The van der Waals surface area contributed by atoms with Crippen LogP contribution >= 0.6 is 0 Å². The Labute approximate surface area is 165 Å². The predicted molar refractivity (Wildman–Crippen MR) is 98.2 cm³/mol. The number of hydrogen-bond donors (Lipinski definition) is 1. The number of aliphatic hydroxyl groups is 1. The van der Waals surface area contributed by atoms with Gasteiger partial charge in [-0.05, 0) is 50.5 Å². The van der Waals surface area contributed by atoms with Crippen LogP contribution < -0.4 is 0 Å². The van der Waals surface area contributed by atoms with Gasteiger partial charge in [0.1, 0.15) is 0 Å². The summed E-state index contributed by atoms with van der Waals surface area (Å²) in [5.41, 5.74) is 0. The van der Waals surface area contributed by atoms with E-state index in [-0.39, 0.29) is 37.1 Å². The topological polar surface area (TPSA) is 47.9 Å². The molecule has 4 nitrogen and oxygen atoms in total. The van der Waals surface area contributed by atoms with Gasteiger partial charge in [0.15, 0.2) is 12.6 Å². The second-order valence-corrected chi connectivity index (χ2v) is 8.35. The number of allylic oxidation sites excluding steroid dienone is 2. The molecule has 0 aromatic rings. The van der Waals surface area contributed by atoms with E-state index in [1.807, 2.05) is 6.92 Å². The highest BCUT2D eigenvalue weighted by molar-refractivity contribution is 5.08. The van der Waals surface area contributed by atoms with Crippen LogP contribution in [0.5, 0.6) is 0 Å². The summed E-state index contributed by atoms with van der Waals surface area (Å²) < 4.78 is 57.7. The first-order valence-electron chi connectivity index (χ1n) is 10.8. The van der Waals surface area contributed by atoms with Crippen LogP contribution in [0.2, 0.25) is 0 Å². The van der Waals surface area contributed by atoms with Crippen LogP contribution in [0.4, 0.5) is 13.2 Å². The third-order valence-corrected chi connectivity index (χ3v) is 6.31. The van der Waals surface area contributed by atoms with Gasteiger partial charge in [-0.2, -0.15) is 13.2 Å². The third-order valence-electron chi connectivity index (χ3n) is 6.31. The summed E-state index contributed by atoms with van der Waals surface area (Å²) >= 11 is 0. The van der Waals surface area contributed by atoms with Crippen LogP contribution in [0.15, 0.2) is 11.8 Å².